The highest BCUT2D eigenvalue weighted by molar-refractivity contribution is 7.22. The number of nitrogens with zero attached hydrogens (tertiary/aromatic N) is 2. The molecule has 0 unspecified atom stereocenters. The minimum Gasteiger partial charge on any atom is -0.399 e. The molecule has 0 amide bonds. The van der Waals surface area contributed by atoms with Gasteiger partial charge in [-0.1, -0.05) is 25.2 Å². The molecule has 0 atom stereocenters. The first-order chi connectivity index (χ1) is 9.22. The molecule has 1 heterocycles. The molecule has 0 saturated heterocycles. The topological polar surface area (TPSA) is 54.2 Å². The van der Waals surface area contributed by atoms with Crippen molar-refractivity contribution in [1.29, 1.82) is 0 Å². The van der Waals surface area contributed by atoms with Crippen LogP contribution in [-0.4, -0.2) is 36.1 Å². The SMILES string of the molecule is CCN(CC)CCCNc1nc2ccc(N)cc2s1. The standard InChI is InChI=1S/C14H22N4S/c1-3-18(4-2)9-5-8-16-14-17-12-7-6-11(15)10-13(12)19-14/h6-7,10H,3-5,8-9,15H2,1-2H3,(H,16,17). The molecule has 0 radical (unpaired) electrons. The highest BCUT2D eigenvalue weighted by atomic mass is 32.1. The quantitative estimate of drug-likeness (QED) is 0.604. The molecular formula is C14H22N4S. The van der Waals surface area contributed by atoms with Crippen LogP contribution in [0.5, 0.6) is 0 Å². The van der Waals surface area contributed by atoms with E-state index in [1.807, 2.05) is 18.2 Å². The summed E-state index contributed by atoms with van der Waals surface area (Å²) in [5.41, 5.74) is 7.59. The Hall–Kier alpha value is -1.33. The molecule has 0 aliphatic carbocycles. The van der Waals surface area contributed by atoms with Crippen LogP contribution in [0.2, 0.25) is 0 Å². The van der Waals surface area contributed by atoms with Crippen molar-refractivity contribution in [3.63, 3.8) is 0 Å². The molecule has 0 aliphatic rings. The lowest BCUT2D eigenvalue weighted by Gasteiger charge is -2.17. The number of nitrogen functional groups attached to an aromatic ring is 1. The first-order valence-corrected chi connectivity index (χ1v) is 7.67. The smallest absolute Gasteiger partial charge is 0.183 e. The zero-order valence-electron chi connectivity index (χ0n) is 11.6. The average Bonchev–Trinajstić information content (AvgIpc) is 2.80. The van der Waals surface area contributed by atoms with Crippen molar-refractivity contribution < 1.29 is 0 Å². The number of aromatic nitrogens is 1. The largest absolute Gasteiger partial charge is 0.399 e. The Morgan fingerprint density at radius 2 is 2.11 bits per heavy atom. The molecule has 1 aromatic heterocycles. The van der Waals surface area contributed by atoms with E-state index in [0.717, 1.165) is 53.6 Å². The summed E-state index contributed by atoms with van der Waals surface area (Å²) in [4.78, 5) is 6.98. The Morgan fingerprint density at radius 1 is 1.32 bits per heavy atom. The predicted octanol–water partition coefficient (Wildman–Crippen LogP) is 3.02. The molecule has 5 heteroatoms. The predicted molar refractivity (Wildman–Crippen MR) is 84.9 cm³/mol. The van der Waals surface area contributed by atoms with Crippen LogP contribution < -0.4 is 11.1 Å². The monoisotopic (exact) mass is 278 g/mol. The van der Waals surface area contributed by atoms with Crippen molar-refractivity contribution in [2.75, 3.05) is 37.2 Å². The summed E-state index contributed by atoms with van der Waals surface area (Å²) in [7, 11) is 0. The van der Waals surface area contributed by atoms with Crippen LogP contribution >= 0.6 is 11.3 Å². The number of fused-ring (bicyclic) bond motifs is 1. The zero-order valence-corrected chi connectivity index (χ0v) is 12.5. The molecule has 104 valence electrons. The van der Waals surface area contributed by atoms with Crippen molar-refractivity contribution in [1.82, 2.24) is 9.88 Å². The van der Waals surface area contributed by atoms with Crippen LogP contribution in [0.1, 0.15) is 20.3 Å². The van der Waals surface area contributed by atoms with Crippen molar-refractivity contribution in [3.05, 3.63) is 18.2 Å². The van der Waals surface area contributed by atoms with E-state index in [-0.39, 0.29) is 0 Å². The lowest BCUT2D eigenvalue weighted by Crippen LogP contribution is -2.25. The normalized spacial score (nSPS) is 11.3. The number of anilines is 2. The van der Waals surface area contributed by atoms with Gasteiger partial charge in [-0.3, -0.25) is 0 Å². The van der Waals surface area contributed by atoms with E-state index in [9.17, 15) is 0 Å². The van der Waals surface area contributed by atoms with E-state index in [1.54, 1.807) is 11.3 Å². The lowest BCUT2D eigenvalue weighted by atomic mass is 10.3. The van der Waals surface area contributed by atoms with Crippen LogP contribution in [0, 0.1) is 0 Å². The maximum absolute atomic E-state index is 5.77. The minimum atomic E-state index is 0.796. The van der Waals surface area contributed by atoms with Gasteiger partial charge in [-0.15, -0.1) is 0 Å². The number of benzene rings is 1. The molecule has 2 rings (SSSR count). The number of hydrogen-bond acceptors (Lipinski definition) is 5. The van der Waals surface area contributed by atoms with E-state index < -0.39 is 0 Å². The van der Waals surface area contributed by atoms with Gasteiger partial charge >= 0.3 is 0 Å². The molecule has 0 saturated carbocycles. The fourth-order valence-electron chi connectivity index (χ4n) is 2.05. The van der Waals surface area contributed by atoms with Crippen LogP contribution in [0.4, 0.5) is 10.8 Å². The van der Waals surface area contributed by atoms with Gasteiger partial charge in [0.15, 0.2) is 5.13 Å². The van der Waals surface area contributed by atoms with E-state index in [0.29, 0.717) is 0 Å². The Balaban J connectivity index is 1.84. The summed E-state index contributed by atoms with van der Waals surface area (Å²) < 4.78 is 1.14. The molecule has 2 aromatic rings. The number of hydrogen-bond donors (Lipinski definition) is 2. The van der Waals surface area contributed by atoms with Crippen LogP contribution in [0.3, 0.4) is 0 Å². The Labute approximate surface area is 118 Å². The zero-order chi connectivity index (χ0) is 13.7. The second kappa shape index (κ2) is 6.73. The number of nitrogens with one attached hydrogen (secondary N) is 1. The van der Waals surface area contributed by atoms with Crippen LogP contribution in [0.25, 0.3) is 10.2 Å². The highest BCUT2D eigenvalue weighted by Crippen LogP contribution is 2.27. The fraction of sp³-hybridized carbons (Fsp3) is 0.500. The number of nitrogens with two attached hydrogens (primary N) is 1. The average molecular weight is 278 g/mol. The Bertz CT molecular complexity index is 519. The van der Waals surface area contributed by atoms with Gasteiger partial charge in [0.1, 0.15) is 0 Å². The van der Waals surface area contributed by atoms with Gasteiger partial charge in [-0.2, -0.15) is 0 Å². The molecule has 0 fully saturated rings. The fourth-order valence-corrected chi connectivity index (χ4v) is 2.99. The third-order valence-electron chi connectivity index (χ3n) is 3.23. The molecule has 0 spiro atoms. The second-order valence-electron chi connectivity index (χ2n) is 4.55. The maximum Gasteiger partial charge on any atom is 0.183 e. The van der Waals surface area contributed by atoms with Gasteiger partial charge in [-0.05, 0) is 44.3 Å². The summed E-state index contributed by atoms with van der Waals surface area (Å²) in [5.74, 6) is 0. The van der Waals surface area contributed by atoms with E-state index >= 15 is 0 Å². The Kier molecular flexibility index (Phi) is 4.99. The molecule has 1 aromatic carbocycles. The van der Waals surface area contributed by atoms with Gasteiger partial charge in [0.05, 0.1) is 10.2 Å². The van der Waals surface area contributed by atoms with Gasteiger partial charge < -0.3 is 16.0 Å². The van der Waals surface area contributed by atoms with E-state index in [1.165, 1.54) is 0 Å². The molecule has 4 nitrogen and oxygen atoms in total. The molecule has 19 heavy (non-hydrogen) atoms. The maximum atomic E-state index is 5.77. The minimum absolute atomic E-state index is 0.796. The summed E-state index contributed by atoms with van der Waals surface area (Å²) in [6.07, 6.45) is 1.14. The van der Waals surface area contributed by atoms with Gasteiger partial charge in [0.2, 0.25) is 0 Å². The molecular weight excluding hydrogens is 256 g/mol. The summed E-state index contributed by atoms with van der Waals surface area (Å²) in [5, 5.41) is 4.38. The third-order valence-corrected chi connectivity index (χ3v) is 4.21. The van der Waals surface area contributed by atoms with Gasteiger partial charge in [-0.25, -0.2) is 4.98 Å². The van der Waals surface area contributed by atoms with Crippen LogP contribution in [-0.2, 0) is 0 Å². The molecule has 0 bridgehead atoms. The van der Waals surface area contributed by atoms with Crippen LogP contribution in [0.15, 0.2) is 18.2 Å². The van der Waals surface area contributed by atoms with E-state index in [2.05, 4.69) is 29.0 Å². The first kappa shape index (κ1) is 14.1. The Morgan fingerprint density at radius 3 is 2.84 bits per heavy atom. The van der Waals surface area contributed by atoms with Gasteiger partial charge in [0.25, 0.3) is 0 Å². The number of rotatable bonds is 7. The second-order valence-corrected chi connectivity index (χ2v) is 5.58. The van der Waals surface area contributed by atoms with Gasteiger partial charge in [0, 0.05) is 12.2 Å². The van der Waals surface area contributed by atoms with Crippen molar-refractivity contribution >= 4 is 32.4 Å². The van der Waals surface area contributed by atoms with Crippen molar-refractivity contribution in [3.8, 4) is 0 Å². The summed E-state index contributed by atoms with van der Waals surface area (Å²) >= 11 is 1.67. The third kappa shape index (κ3) is 3.81. The highest BCUT2D eigenvalue weighted by Gasteiger charge is 2.04. The number of thiazole rings is 1. The lowest BCUT2D eigenvalue weighted by molar-refractivity contribution is 0.303. The van der Waals surface area contributed by atoms with Crippen molar-refractivity contribution in [2.24, 2.45) is 0 Å². The summed E-state index contributed by atoms with van der Waals surface area (Å²) in [6, 6.07) is 5.85. The first-order valence-electron chi connectivity index (χ1n) is 6.85. The molecule has 3 N–H and O–H groups in total. The molecule has 0 aliphatic heterocycles. The summed E-state index contributed by atoms with van der Waals surface area (Å²) in [6.45, 7) is 8.75. The van der Waals surface area contributed by atoms with Crippen molar-refractivity contribution in [2.45, 2.75) is 20.3 Å². The van der Waals surface area contributed by atoms with E-state index in [4.69, 9.17) is 5.73 Å².